The SMILES string of the molecule is CCN(Cc1ccc2c(c1)OCCO2)C(=O)CSc1nnc(-c2c[nH]c3ccccc23)n1C1CC1. The van der Waals surface area contributed by atoms with E-state index in [2.05, 4.69) is 31.9 Å². The lowest BCUT2D eigenvalue weighted by atomic mass is 10.1. The number of hydrogen-bond acceptors (Lipinski definition) is 6. The van der Waals surface area contributed by atoms with Gasteiger partial charge in [0.1, 0.15) is 13.2 Å². The fourth-order valence-corrected chi connectivity index (χ4v) is 5.39. The first-order valence-electron chi connectivity index (χ1n) is 12.0. The number of carbonyl (C=O) groups excluding carboxylic acids is 1. The van der Waals surface area contributed by atoms with Gasteiger partial charge in [-0.05, 0) is 43.5 Å². The summed E-state index contributed by atoms with van der Waals surface area (Å²) in [5.74, 6) is 2.76. The number of nitrogens with one attached hydrogen (secondary N) is 1. The summed E-state index contributed by atoms with van der Waals surface area (Å²) in [4.78, 5) is 18.3. The Morgan fingerprint density at radius 3 is 2.80 bits per heavy atom. The van der Waals surface area contributed by atoms with Crippen LogP contribution in [0.15, 0.2) is 53.8 Å². The average Bonchev–Trinajstić information content (AvgIpc) is 3.51. The van der Waals surface area contributed by atoms with Crippen molar-refractivity contribution in [1.29, 1.82) is 0 Å². The van der Waals surface area contributed by atoms with Crippen molar-refractivity contribution in [3.63, 3.8) is 0 Å². The van der Waals surface area contributed by atoms with E-state index in [1.54, 1.807) is 0 Å². The van der Waals surface area contributed by atoms with Crippen molar-refractivity contribution in [1.82, 2.24) is 24.6 Å². The molecule has 6 rings (SSSR count). The van der Waals surface area contributed by atoms with Crippen LogP contribution < -0.4 is 9.47 Å². The molecule has 9 heteroatoms. The Kier molecular flexibility index (Phi) is 5.85. The summed E-state index contributed by atoms with van der Waals surface area (Å²) < 4.78 is 13.5. The molecule has 0 radical (unpaired) electrons. The second kappa shape index (κ2) is 9.30. The van der Waals surface area contributed by atoms with E-state index in [1.807, 2.05) is 48.4 Å². The minimum Gasteiger partial charge on any atom is -0.486 e. The van der Waals surface area contributed by atoms with Crippen LogP contribution in [0.4, 0.5) is 0 Å². The zero-order valence-corrected chi connectivity index (χ0v) is 20.4. The van der Waals surface area contributed by atoms with Crippen LogP contribution in [0.1, 0.15) is 31.4 Å². The Balaban J connectivity index is 1.18. The minimum absolute atomic E-state index is 0.0754. The van der Waals surface area contributed by atoms with Crippen molar-refractivity contribution in [2.24, 2.45) is 0 Å². The number of thioether (sulfide) groups is 1. The molecule has 1 aliphatic heterocycles. The number of para-hydroxylation sites is 1. The van der Waals surface area contributed by atoms with E-state index < -0.39 is 0 Å². The molecule has 1 saturated carbocycles. The molecule has 4 aromatic rings. The molecule has 1 fully saturated rings. The molecular formula is C26H27N5O3S. The number of carbonyl (C=O) groups is 1. The number of ether oxygens (including phenoxy) is 2. The molecule has 2 aromatic heterocycles. The topological polar surface area (TPSA) is 85.3 Å². The molecule has 3 heterocycles. The summed E-state index contributed by atoms with van der Waals surface area (Å²) in [6.45, 7) is 4.27. The fraction of sp³-hybridized carbons (Fsp3) is 0.346. The lowest BCUT2D eigenvalue weighted by Crippen LogP contribution is -2.31. The number of fused-ring (bicyclic) bond motifs is 2. The van der Waals surface area contributed by atoms with E-state index in [4.69, 9.17) is 9.47 Å². The number of hydrogen-bond donors (Lipinski definition) is 1. The maximum Gasteiger partial charge on any atom is 0.233 e. The predicted molar refractivity (Wildman–Crippen MR) is 135 cm³/mol. The molecule has 0 atom stereocenters. The van der Waals surface area contributed by atoms with Crippen LogP contribution in [0.3, 0.4) is 0 Å². The van der Waals surface area contributed by atoms with Crippen molar-refractivity contribution in [2.45, 2.75) is 37.5 Å². The van der Waals surface area contributed by atoms with Crippen LogP contribution in [0.2, 0.25) is 0 Å². The fourth-order valence-electron chi connectivity index (χ4n) is 4.48. The standard InChI is InChI=1S/C26H27N5O3S/c1-2-30(15-17-7-10-22-23(13-17)34-12-11-33-22)24(32)16-35-26-29-28-25(31(26)18-8-9-18)20-14-27-21-6-4-3-5-19(20)21/h3-7,10,13-14,18,27H,2,8-9,11-12,15-16H2,1H3. The van der Waals surface area contributed by atoms with E-state index in [-0.39, 0.29) is 5.91 Å². The minimum atomic E-state index is 0.0754. The van der Waals surface area contributed by atoms with Gasteiger partial charge in [-0.25, -0.2) is 0 Å². The first-order valence-corrected chi connectivity index (χ1v) is 13.0. The molecule has 180 valence electrons. The van der Waals surface area contributed by atoms with Gasteiger partial charge in [-0.2, -0.15) is 0 Å². The van der Waals surface area contributed by atoms with Gasteiger partial charge in [0.15, 0.2) is 22.5 Å². The first kappa shape index (κ1) is 22.0. The third-order valence-electron chi connectivity index (χ3n) is 6.45. The van der Waals surface area contributed by atoms with E-state index in [1.165, 1.54) is 11.8 Å². The summed E-state index contributed by atoms with van der Waals surface area (Å²) in [6, 6.07) is 14.5. The number of aromatic amines is 1. The molecule has 1 amide bonds. The molecular weight excluding hydrogens is 462 g/mol. The first-order chi connectivity index (χ1) is 17.2. The van der Waals surface area contributed by atoms with E-state index in [0.717, 1.165) is 57.4 Å². The van der Waals surface area contributed by atoms with E-state index in [9.17, 15) is 4.79 Å². The molecule has 1 aliphatic carbocycles. The quantitative estimate of drug-likeness (QED) is 0.362. The van der Waals surface area contributed by atoms with Gasteiger partial charge in [-0.15, -0.1) is 10.2 Å². The van der Waals surface area contributed by atoms with Gasteiger partial charge in [0.05, 0.1) is 5.75 Å². The third kappa shape index (κ3) is 4.36. The maximum absolute atomic E-state index is 13.1. The molecule has 35 heavy (non-hydrogen) atoms. The van der Waals surface area contributed by atoms with Gasteiger partial charge in [-0.3, -0.25) is 9.36 Å². The predicted octanol–water partition coefficient (Wildman–Crippen LogP) is 4.67. The Hall–Kier alpha value is -3.46. The van der Waals surface area contributed by atoms with Crippen LogP contribution in [0, 0.1) is 0 Å². The van der Waals surface area contributed by atoms with Crippen LogP contribution in [0.25, 0.3) is 22.3 Å². The molecule has 0 unspecified atom stereocenters. The van der Waals surface area contributed by atoms with Gasteiger partial charge in [0.2, 0.25) is 5.91 Å². The normalized spacial score (nSPS) is 14.9. The van der Waals surface area contributed by atoms with E-state index >= 15 is 0 Å². The number of amides is 1. The third-order valence-corrected chi connectivity index (χ3v) is 7.37. The van der Waals surface area contributed by atoms with Gasteiger partial charge >= 0.3 is 0 Å². The number of nitrogens with zero attached hydrogens (tertiary/aromatic N) is 4. The van der Waals surface area contributed by atoms with Gasteiger partial charge in [0, 0.05) is 41.8 Å². The van der Waals surface area contributed by atoms with Crippen molar-refractivity contribution >= 4 is 28.6 Å². The molecule has 2 aromatic carbocycles. The number of aromatic nitrogens is 4. The number of H-pyrrole nitrogens is 1. The molecule has 2 aliphatic rings. The largest absolute Gasteiger partial charge is 0.486 e. The summed E-state index contributed by atoms with van der Waals surface area (Å²) >= 11 is 1.47. The summed E-state index contributed by atoms with van der Waals surface area (Å²) in [5.41, 5.74) is 3.15. The summed E-state index contributed by atoms with van der Waals surface area (Å²) in [5, 5.41) is 11.0. The average molecular weight is 490 g/mol. The second-order valence-corrected chi connectivity index (χ2v) is 9.77. The lowest BCUT2D eigenvalue weighted by Gasteiger charge is -2.23. The summed E-state index contributed by atoms with van der Waals surface area (Å²) in [7, 11) is 0. The molecule has 1 N–H and O–H groups in total. The van der Waals surface area contributed by atoms with Crippen LogP contribution in [-0.2, 0) is 11.3 Å². The summed E-state index contributed by atoms with van der Waals surface area (Å²) in [6.07, 6.45) is 4.22. The van der Waals surface area contributed by atoms with E-state index in [0.29, 0.717) is 38.1 Å². The Morgan fingerprint density at radius 1 is 1.14 bits per heavy atom. The lowest BCUT2D eigenvalue weighted by molar-refractivity contribution is -0.128. The highest BCUT2D eigenvalue weighted by atomic mass is 32.2. The van der Waals surface area contributed by atoms with Gasteiger partial charge < -0.3 is 19.4 Å². The van der Waals surface area contributed by atoms with Gasteiger partial charge in [-0.1, -0.05) is 36.0 Å². The molecule has 0 spiro atoms. The van der Waals surface area contributed by atoms with Crippen molar-refractivity contribution in [3.05, 3.63) is 54.2 Å². The Labute approximate surface area is 207 Å². The highest BCUT2D eigenvalue weighted by Crippen LogP contribution is 2.42. The van der Waals surface area contributed by atoms with Crippen LogP contribution in [-0.4, -0.2) is 56.1 Å². The number of rotatable bonds is 8. The molecule has 0 bridgehead atoms. The highest BCUT2D eigenvalue weighted by Gasteiger charge is 2.31. The van der Waals surface area contributed by atoms with Gasteiger partial charge in [0.25, 0.3) is 0 Å². The zero-order chi connectivity index (χ0) is 23.8. The van der Waals surface area contributed by atoms with Crippen molar-refractivity contribution in [2.75, 3.05) is 25.5 Å². The Morgan fingerprint density at radius 2 is 1.97 bits per heavy atom. The smallest absolute Gasteiger partial charge is 0.233 e. The Bertz CT molecular complexity index is 1380. The van der Waals surface area contributed by atoms with Crippen LogP contribution in [0.5, 0.6) is 11.5 Å². The monoisotopic (exact) mass is 489 g/mol. The molecule has 0 saturated heterocycles. The highest BCUT2D eigenvalue weighted by molar-refractivity contribution is 7.99. The molecule has 8 nitrogen and oxygen atoms in total. The number of benzene rings is 2. The zero-order valence-electron chi connectivity index (χ0n) is 19.6. The van der Waals surface area contributed by atoms with Crippen LogP contribution >= 0.6 is 11.8 Å². The maximum atomic E-state index is 13.1. The second-order valence-electron chi connectivity index (χ2n) is 8.83. The van der Waals surface area contributed by atoms with Crippen molar-refractivity contribution in [3.8, 4) is 22.9 Å². The van der Waals surface area contributed by atoms with Crippen molar-refractivity contribution < 1.29 is 14.3 Å².